The van der Waals surface area contributed by atoms with Crippen LogP contribution in [-0.4, -0.2) is 17.6 Å². The Labute approximate surface area is 159 Å². The zero-order valence-corrected chi connectivity index (χ0v) is 15.6. The van der Waals surface area contributed by atoms with Gasteiger partial charge in [-0.3, -0.25) is 0 Å². The molecule has 2 heterocycles. The number of rotatable bonds is 6. The molecule has 5 nitrogen and oxygen atoms in total. The van der Waals surface area contributed by atoms with Crippen molar-refractivity contribution >= 4 is 39.9 Å². The van der Waals surface area contributed by atoms with E-state index in [-0.39, 0.29) is 5.97 Å². The maximum Gasteiger partial charge on any atom is 0.338 e. The first-order chi connectivity index (χ1) is 12.7. The van der Waals surface area contributed by atoms with Crippen LogP contribution in [0.5, 0.6) is 0 Å². The van der Waals surface area contributed by atoms with Gasteiger partial charge < -0.3 is 10.1 Å². The van der Waals surface area contributed by atoms with Gasteiger partial charge >= 0.3 is 5.97 Å². The van der Waals surface area contributed by atoms with Gasteiger partial charge in [-0.05, 0) is 42.6 Å². The normalized spacial score (nSPS) is 11.0. The number of carbonyl (C=O) groups excluding carboxylic acids is 1. The topological polar surface area (TPSA) is 75.0 Å². The second kappa shape index (κ2) is 8.43. The monoisotopic (exact) mass is 381 g/mol. The van der Waals surface area contributed by atoms with Gasteiger partial charge in [-0.25, -0.2) is 9.78 Å². The number of ether oxygens (including phenoxy) is 1. The smallest absolute Gasteiger partial charge is 0.338 e. The van der Waals surface area contributed by atoms with Crippen molar-refractivity contribution in [2.24, 2.45) is 0 Å². The van der Waals surface area contributed by atoms with Crippen molar-refractivity contribution in [1.29, 1.82) is 5.26 Å². The van der Waals surface area contributed by atoms with Crippen LogP contribution >= 0.6 is 22.7 Å². The molecule has 0 saturated carbocycles. The Kier molecular flexibility index (Phi) is 5.79. The van der Waals surface area contributed by atoms with E-state index in [2.05, 4.69) is 16.4 Å². The molecule has 26 heavy (non-hydrogen) atoms. The van der Waals surface area contributed by atoms with Gasteiger partial charge in [0.1, 0.15) is 16.6 Å². The lowest BCUT2D eigenvalue weighted by molar-refractivity contribution is 0.0526. The van der Waals surface area contributed by atoms with Crippen LogP contribution in [-0.2, 0) is 4.74 Å². The van der Waals surface area contributed by atoms with E-state index in [1.54, 1.807) is 48.7 Å². The molecule has 1 aromatic carbocycles. The lowest BCUT2D eigenvalue weighted by Gasteiger charge is -2.04. The largest absolute Gasteiger partial charge is 0.462 e. The molecule has 3 aromatic rings. The summed E-state index contributed by atoms with van der Waals surface area (Å²) in [5.41, 5.74) is 2.58. The number of thiophene rings is 1. The Morgan fingerprint density at radius 2 is 2.12 bits per heavy atom. The van der Waals surface area contributed by atoms with Crippen LogP contribution in [0.3, 0.4) is 0 Å². The van der Waals surface area contributed by atoms with Crippen molar-refractivity contribution in [2.75, 3.05) is 11.9 Å². The minimum atomic E-state index is -0.351. The highest BCUT2D eigenvalue weighted by molar-refractivity contribution is 7.14. The van der Waals surface area contributed by atoms with Gasteiger partial charge in [-0.15, -0.1) is 22.7 Å². The standard InChI is InChI=1S/C19H15N3O2S2/c1-2-24-19(23)13-5-7-15(8-6-13)21-11-14(10-20)18-22-16(12-26-18)17-4-3-9-25-17/h3-9,11-12,21H,2H2,1H3/b14-11+. The number of anilines is 1. The second-order valence-electron chi connectivity index (χ2n) is 5.13. The molecule has 0 aliphatic carbocycles. The summed E-state index contributed by atoms with van der Waals surface area (Å²) in [6.07, 6.45) is 1.62. The van der Waals surface area contributed by atoms with Crippen LogP contribution < -0.4 is 5.32 Å². The molecule has 0 aliphatic rings. The van der Waals surface area contributed by atoms with E-state index >= 15 is 0 Å². The SMILES string of the molecule is CCOC(=O)c1ccc(N/C=C(\C#N)c2nc(-c3cccs3)cs2)cc1. The molecular weight excluding hydrogens is 366 g/mol. The Morgan fingerprint density at radius 3 is 2.77 bits per heavy atom. The summed E-state index contributed by atoms with van der Waals surface area (Å²) >= 11 is 3.05. The summed E-state index contributed by atoms with van der Waals surface area (Å²) in [6.45, 7) is 2.11. The van der Waals surface area contributed by atoms with E-state index in [1.165, 1.54) is 11.3 Å². The van der Waals surface area contributed by atoms with Crippen molar-refractivity contribution < 1.29 is 9.53 Å². The molecule has 0 spiro atoms. The number of aromatic nitrogens is 1. The van der Waals surface area contributed by atoms with Crippen molar-refractivity contribution in [2.45, 2.75) is 6.92 Å². The molecule has 0 amide bonds. The van der Waals surface area contributed by atoms with Crippen LogP contribution in [0.4, 0.5) is 5.69 Å². The second-order valence-corrected chi connectivity index (χ2v) is 6.93. The molecule has 130 valence electrons. The third-order valence-electron chi connectivity index (χ3n) is 3.41. The van der Waals surface area contributed by atoms with E-state index < -0.39 is 0 Å². The predicted molar refractivity (Wildman–Crippen MR) is 105 cm³/mol. The summed E-state index contributed by atoms with van der Waals surface area (Å²) in [6, 6.07) is 13.0. The van der Waals surface area contributed by atoms with Crippen LogP contribution in [0.15, 0.2) is 53.4 Å². The molecule has 1 N–H and O–H groups in total. The zero-order chi connectivity index (χ0) is 18.4. The zero-order valence-electron chi connectivity index (χ0n) is 13.9. The Balaban J connectivity index is 1.72. The Morgan fingerprint density at radius 1 is 1.31 bits per heavy atom. The maximum atomic E-state index is 11.6. The minimum absolute atomic E-state index is 0.342. The van der Waals surface area contributed by atoms with Crippen LogP contribution in [0.25, 0.3) is 16.1 Å². The van der Waals surface area contributed by atoms with E-state index in [0.717, 1.165) is 16.3 Å². The number of benzene rings is 1. The predicted octanol–water partition coefficient (Wildman–Crippen LogP) is 5.02. The highest BCUT2D eigenvalue weighted by atomic mass is 32.1. The summed E-state index contributed by atoms with van der Waals surface area (Å²) in [4.78, 5) is 17.3. The van der Waals surface area contributed by atoms with E-state index in [4.69, 9.17) is 4.74 Å². The molecule has 0 atom stereocenters. The Hall–Kier alpha value is -2.95. The van der Waals surface area contributed by atoms with Crippen LogP contribution in [0, 0.1) is 11.3 Å². The molecule has 7 heteroatoms. The summed E-state index contributed by atoms with van der Waals surface area (Å²) < 4.78 is 4.95. The van der Waals surface area contributed by atoms with Gasteiger partial charge in [0.05, 0.1) is 22.7 Å². The number of esters is 1. The first-order valence-corrected chi connectivity index (χ1v) is 9.61. The van der Waals surface area contributed by atoms with E-state index in [0.29, 0.717) is 22.8 Å². The van der Waals surface area contributed by atoms with Gasteiger partial charge in [-0.1, -0.05) is 6.07 Å². The number of thiazole rings is 1. The van der Waals surface area contributed by atoms with Gasteiger partial charge in [-0.2, -0.15) is 5.26 Å². The lowest BCUT2D eigenvalue weighted by Crippen LogP contribution is -2.04. The van der Waals surface area contributed by atoms with E-state index in [9.17, 15) is 10.1 Å². The molecule has 0 saturated heterocycles. The average Bonchev–Trinajstić information content (AvgIpc) is 3.35. The van der Waals surface area contributed by atoms with Crippen molar-refractivity contribution in [3.8, 4) is 16.6 Å². The first-order valence-electron chi connectivity index (χ1n) is 7.85. The summed E-state index contributed by atoms with van der Waals surface area (Å²) in [5.74, 6) is -0.351. The fourth-order valence-electron chi connectivity index (χ4n) is 2.15. The molecular formula is C19H15N3O2S2. The molecule has 0 unspecified atom stereocenters. The first kappa shape index (κ1) is 17.9. The third-order valence-corrected chi connectivity index (χ3v) is 5.18. The lowest BCUT2D eigenvalue weighted by atomic mass is 10.2. The summed E-state index contributed by atoms with van der Waals surface area (Å²) in [5, 5.41) is 17.1. The van der Waals surface area contributed by atoms with Crippen molar-refractivity contribution in [3.63, 3.8) is 0 Å². The third kappa shape index (κ3) is 4.17. The number of nitrogens with one attached hydrogen (secondary N) is 1. The molecule has 0 bridgehead atoms. The number of allylic oxidation sites excluding steroid dienone is 1. The number of hydrogen-bond donors (Lipinski definition) is 1. The van der Waals surface area contributed by atoms with Gasteiger partial charge in [0.25, 0.3) is 0 Å². The Bertz CT molecular complexity index is 952. The molecule has 0 fully saturated rings. The van der Waals surface area contributed by atoms with Gasteiger partial charge in [0.2, 0.25) is 0 Å². The fraction of sp³-hybridized carbons (Fsp3) is 0.105. The fourth-order valence-corrected chi connectivity index (χ4v) is 3.70. The maximum absolute atomic E-state index is 11.6. The van der Waals surface area contributed by atoms with Gasteiger partial charge in [0.15, 0.2) is 0 Å². The number of nitriles is 1. The number of hydrogen-bond acceptors (Lipinski definition) is 7. The van der Waals surface area contributed by atoms with Crippen LogP contribution in [0.2, 0.25) is 0 Å². The molecule has 0 radical (unpaired) electrons. The van der Waals surface area contributed by atoms with Crippen LogP contribution in [0.1, 0.15) is 22.3 Å². The molecule has 3 rings (SSSR count). The number of nitrogens with zero attached hydrogens (tertiary/aromatic N) is 2. The van der Waals surface area contributed by atoms with Crippen molar-refractivity contribution in [3.05, 3.63) is 63.9 Å². The van der Waals surface area contributed by atoms with E-state index in [1.807, 2.05) is 22.9 Å². The summed E-state index contributed by atoms with van der Waals surface area (Å²) in [7, 11) is 0. The average molecular weight is 381 g/mol. The minimum Gasteiger partial charge on any atom is -0.462 e. The van der Waals surface area contributed by atoms with Crippen molar-refractivity contribution in [1.82, 2.24) is 4.98 Å². The number of carbonyl (C=O) groups is 1. The van der Waals surface area contributed by atoms with Gasteiger partial charge in [0, 0.05) is 17.3 Å². The highest BCUT2D eigenvalue weighted by Gasteiger charge is 2.10. The molecule has 0 aliphatic heterocycles. The molecule has 2 aromatic heterocycles. The highest BCUT2D eigenvalue weighted by Crippen LogP contribution is 2.28. The quantitative estimate of drug-likeness (QED) is 0.479.